The van der Waals surface area contributed by atoms with Gasteiger partial charge in [-0.05, 0) is 11.0 Å². The van der Waals surface area contributed by atoms with Crippen LogP contribution in [0.3, 0.4) is 0 Å². The van der Waals surface area contributed by atoms with Crippen LogP contribution in [-0.4, -0.2) is 51.4 Å². The van der Waals surface area contributed by atoms with Crippen LogP contribution in [0.15, 0.2) is 0 Å². The second-order valence-corrected chi connectivity index (χ2v) is 0. The van der Waals surface area contributed by atoms with E-state index in [2.05, 4.69) is 0 Å². The SMILES string of the molecule is [AlH3].[H-].[H-].[H-].[Li+].[Mg+2].[Ru].[SiH4].[Sm]. The molecule has 0 aromatic rings. The molecule has 0 unspecified atom stereocenters. The molecule has 0 fully saturated rings. The van der Waals surface area contributed by atoms with Gasteiger partial charge in [0.05, 0.1) is 0 Å². The molecule has 0 saturated heterocycles. The van der Waals surface area contributed by atoms with Crippen LogP contribution >= 0.6 is 0 Å². The molecule has 0 saturated carbocycles. The minimum atomic E-state index is 0. The average Bonchev–Trinajstić information content (AvgIpc) is 0. The Balaban J connectivity index is 0. The number of hydrogen-bond donors (Lipinski definition) is 0. The molecule has 0 rings (SSSR count). The largest absolute Gasteiger partial charge is 2.00 e. The zero-order valence-electron chi connectivity index (χ0n) is 5.47. The first-order valence-electron chi connectivity index (χ1n) is 0. The molecule has 0 atom stereocenters. The molecular formula is H10AlLiMgRuSiSm. The Morgan fingerprint density at radius 3 is 1.17 bits per heavy atom. The van der Waals surface area contributed by atoms with Crippen molar-refractivity contribution in [1.29, 1.82) is 0 Å². The Morgan fingerprint density at radius 1 is 1.17 bits per heavy atom. The normalized spacial score (nSPS) is 0. The zero-order valence-corrected chi connectivity index (χ0v) is 8.24. The quantitative estimate of drug-likeness (QED) is 0.383. The van der Waals surface area contributed by atoms with E-state index in [1.165, 1.54) is 0 Å². The summed E-state index contributed by atoms with van der Waals surface area (Å²) in [4.78, 5) is 0. The van der Waals surface area contributed by atoms with E-state index in [1.54, 1.807) is 0 Å². The van der Waals surface area contributed by atoms with E-state index >= 15 is 0 Å². The van der Waals surface area contributed by atoms with E-state index in [0.29, 0.717) is 0 Å². The second kappa shape index (κ2) is 35.6. The minimum Gasteiger partial charge on any atom is -1.00 e. The summed E-state index contributed by atoms with van der Waals surface area (Å²) in [5.41, 5.74) is 0. The smallest absolute Gasteiger partial charge is 1.00 e. The maximum atomic E-state index is 0. The van der Waals surface area contributed by atoms with Gasteiger partial charge in [-0.15, -0.1) is 0 Å². The third-order valence-corrected chi connectivity index (χ3v) is 0. The van der Waals surface area contributed by atoms with Crippen LogP contribution in [0.4, 0.5) is 0 Å². The molecule has 6 heteroatoms. The van der Waals surface area contributed by atoms with E-state index in [1.807, 2.05) is 0 Å². The molecular weight excluding hydrogens is 338 g/mol. The fourth-order valence-electron chi connectivity index (χ4n) is 0. The van der Waals surface area contributed by atoms with Crippen molar-refractivity contribution in [3.8, 4) is 0 Å². The van der Waals surface area contributed by atoms with E-state index in [-0.39, 0.29) is 134 Å². The summed E-state index contributed by atoms with van der Waals surface area (Å²) in [5.74, 6) is 0. The Kier molecular flexibility index (Phi) is 297. The maximum Gasteiger partial charge on any atom is 2.00 e. The summed E-state index contributed by atoms with van der Waals surface area (Å²) < 4.78 is 0. The first kappa shape index (κ1) is 50.0. The average molecular weight is 348 g/mol. The van der Waals surface area contributed by atoms with Crippen LogP contribution in [0.5, 0.6) is 0 Å². The summed E-state index contributed by atoms with van der Waals surface area (Å²) in [6.45, 7) is 0. The first-order chi connectivity index (χ1) is 0. The monoisotopic (exact) mass is 350 g/mol. The van der Waals surface area contributed by atoms with Crippen molar-refractivity contribution < 1.29 is 83.0 Å². The molecule has 0 aliphatic carbocycles. The van der Waals surface area contributed by atoms with Gasteiger partial charge in [0.25, 0.3) is 0 Å². The summed E-state index contributed by atoms with van der Waals surface area (Å²) >= 11 is 0. The van der Waals surface area contributed by atoms with Crippen LogP contribution in [0.25, 0.3) is 0 Å². The van der Waals surface area contributed by atoms with Crippen molar-refractivity contribution in [2.24, 2.45) is 0 Å². The van der Waals surface area contributed by atoms with Crippen molar-refractivity contribution >= 4 is 51.4 Å². The Hall–Kier alpha value is 4.07. The summed E-state index contributed by atoms with van der Waals surface area (Å²) in [6.07, 6.45) is 0. The van der Waals surface area contributed by atoms with Gasteiger partial charge in [0.1, 0.15) is 0 Å². The molecule has 0 N–H and O–H groups in total. The van der Waals surface area contributed by atoms with Gasteiger partial charge in [0, 0.05) is 59.9 Å². The molecule has 0 radical (unpaired) electrons. The van der Waals surface area contributed by atoms with E-state index < -0.39 is 0 Å². The molecule has 0 aliphatic rings. The second-order valence-electron chi connectivity index (χ2n) is 0. The first-order valence-corrected chi connectivity index (χ1v) is 0. The fourth-order valence-corrected chi connectivity index (χ4v) is 0. The third-order valence-electron chi connectivity index (χ3n) is 0. The van der Waals surface area contributed by atoms with Crippen molar-refractivity contribution in [3.63, 3.8) is 0 Å². The Labute approximate surface area is 132 Å². The van der Waals surface area contributed by atoms with Crippen LogP contribution in [0.2, 0.25) is 0 Å². The Bertz CT molecular complexity index is 23.8. The van der Waals surface area contributed by atoms with Gasteiger partial charge in [0.2, 0.25) is 0 Å². The molecule has 0 aromatic carbocycles. The molecule has 0 nitrogen and oxygen atoms in total. The topological polar surface area (TPSA) is 0 Å². The van der Waals surface area contributed by atoms with Crippen molar-refractivity contribution in [3.05, 3.63) is 0 Å². The summed E-state index contributed by atoms with van der Waals surface area (Å²) in [5, 5.41) is 0. The molecule has 6 heavy (non-hydrogen) atoms. The van der Waals surface area contributed by atoms with Crippen molar-refractivity contribution in [2.75, 3.05) is 0 Å². The van der Waals surface area contributed by atoms with Crippen molar-refractivity contribution in [1.82, 2.24) is 0 Å². The molecule has 0 aliphatic heterocycles. The van der Waals surface area contributed by atoms with Crippen LogP contribution in [0.1, 0.15) is 4.28 Å². The van der Waals surface area contributed by atoms with Crippen molar-refractivity contribution in [2.45, 2.75) is 0 Å². The number of rotatable bonds is 0. The van der Waals surface area contributed by atoms with Gasteiger partial charge >= 0.3 is 41.9 Å². The standard InChI is InChI=1S/Al.Li.Mg.Ru.H4Si.Sm.6H/h;;;;1H4;;;;;;;/q;+1;+2;;;;;;;3*-1. The number of hydrogen-bond acceptors (Lipinski definition) is 0. The fraction of sp³-hybridized carbons (Fsp3) is 0. The summed E-state index contributed by atoms with van der Waals surface area (Å²) in [7, 11) is 0. The van der Waals surface area contributed by atoms with Gasteiger partial charge in [-0.25, -0.2) is 0 Å². The molecule has 34 valence electrons. The van der Waals surface area contributed by atoms with Crippen LogP contribution < -0.4 is 18.9 Å². The van der Waals surface area contributed by atoms with Crippen LogP contribution in [-0.2, 0) is 19.5 Å². The third kappa shape index (κ3) is 24.3. The predicted molar refractivity (Wildman–Crippen MR) is 30.4 cm³/mol. The van der Waals surface area contributed by atoms with Gasteiger partial charge in [-0.3, -0.25) is 0 Å². The molecule has 0 amide bonds. The van der Waals surface area contributed by atoms with Gasteiger partial charge in [0.15, 0.2) is 17.4 Å². The van der Waals surface area contributed by atoms with Crippen LogP contribution in [0, 0.1) is 40.4 Å². The molecule has 0 spiro atoms. The van der Waals surface area contributed by atoms with Gasteiger partial charge < -0.3 is 4.28 Å². The Morgan fingerprint density at radius 2 is 1.17 bits per heavy atom. The predicted octanol–water partition coefficient (Wildman–Crippen LogP) is -5.68. The minimum absolute atomic E-state index is 0. The molecule has 0 heterocycles. The van der Waals surface area contributed by atoms with E-state index in [4.69, 9.17) is 0 Å². The van der Waals surface area contributed by atoms with Gasteiger partial charge in [-0.1, -0.05) is 0 Å². The molecule has 0 aromatic heterocycles. The van der Waals surface area contributed by atoms with E-state index in [9.17, 15) is 0 Å². The molecule has 0 bridgehead atoms. The summed E-state index contributed by atoms with van der Waals surface area (Å²) in [6, 6.07) is 0. The van der Waals surface area contributed by atoms with Gasteiger partial charge in [-0.2, -0.15) is 0 Å². The van der Waals surface area contributed by atoms with E-state index in [0.717, 1.165) is 0 Å². The maximum absolute atomic E-state index is 0. The zero-order chi connectivity index (χ0) is 0.